The molecule has 4 heteroatoms. The Morgan fingerprint density at radius 2 is 2.05 bits per heavy atom. The van der Waals surface area contributed by atoms with Crippen molar-refractivity contribution in [2.24, 2.45) is 5.92 Å². The van der Waals surface area contributed by atoms with E-state index in [1.54, 1.807) is 7.11 Å². The lowest BCUT2D eigenvalue weighted by Gasteiger charge is -2.28. The summed E-state index contributed by atoms with van der Waals surface area (Å²) in [5.74, 6) is 1.43. The van der Waals surface area contributed by atoms with Crippen molar-refractivity contribution in [3.05, 3.63) is 22.9 Å². The van der Waals surface area contributed by atoms with Gasteiger partial charge in [-0.25, -0.2) is 4.98 Å². The Balaban J connectivity index is 3.11. The molecule has 1 heterocycles. The van der Waals surface area contributed by atoms with Crippen LogP contribution in [0.3, 0.4) is 0 Å². The minimum atomic E-state index is 0.0238. The summed E-state index contributed by atoms with van der Waals surface area (Å²) in [7, 11) is 1.70. The number of anilines is 1. The summed E-state index contributed by atoms with van der Waals surface area (Å²) in [6.45, 7) is 10.8. The first-order valence-electron chi connectivity index (χ1n) is 6.81. The molecule has 0 atom stereocenters. The highest BCUT2D eigenvalue weighted by Crippen LogP contribution is 2.23. The molecule has 0 aromatic carbocycles. The van der Waals surface area contributed by atoms with Crippen LogP contribution < -0.4 is 4.90 Å². The van der Waals surface area contributed by atoms with E-state index in [4.69, 9.17) is 4.74 Å². The van der Waals surface area contributed by atoms with Gasteiger partial charge in [0.15, 0.2) is 0 Å². The van der Waals surface area contributed by atoms with Crippen molar-refractivity contribution in [3.8, 4) is 0 Å². The number of pyridine rings is 1. The smallest absolute Gasteiger partial charge is 0.134 e. The minimum Gasteiger partial charge on any atom is -0.392 e. The Kier molecular flexibility index (Phi) is 6.25. The fourth-order valence-corrected chi connectivity index (χ4v) is 2.23. The standard InChI is InChI=1S/C15H26N2O2/c1-11(2)9-17(6-7-19-5)15-14(10-18)12(3)8-13(4)16-15/h8,11,18H,6-7,9-10H2,1-5H3. The van der Waals surface area contributed by atoms with Crippen LogP contribution in [0.4, 0.5) is 5.82 Å². The van der Waals surface area contributed by atoms with Gasteiger partial charge in [0.2, 0.25) is 0 Å². The van der Waals surface area contributed by atoms with Crippen LogP contribution in [-0.2, 0) is 11.3 Å². The molecule has 1 rings (SSSR count). The van der Waals surface area contributed by atoms with Gasteiger partial charge in [-0.15, -0.1) is 0 Å². The highest BCUT2D eigenvalue weighted by Gasteiger charge is 2.16. The Morgan fingerprint density at radius 3 is 2.58 bits per heavy atom. The van der Waals surface area contributed by atoms with Gasteiger partial charge in [0.05, 0.1) is 13.2 Å². The molecule has 0 saturated carbocycles. The zero-order valence-electron chi connectivity index (χ0n) is 12.7. The number of rotatable bonds is 7. The van der Waals surface area contributed by atoms with Crippen LogP contribution >= 0.6 is 0 Å². The molecule has 0 aliphatic carbocycles. The third-order valence-corrected chi connectivity index (χ3v) is 3.06. The van der Waals surface area contributed by atoms with Gasteiger partial charge >= 0.3 is 0 Å². The topological polar surface area (TPSA) is 45.6 Å². The second kappa shape index (κ2) is 7.46. The minimum absolute atomic E-state index is 0.0238. The Morgan fingerprint density at radius 1 is 1.37 bits per heavy atom. The van der Waals surface area contributed by atoms with Crippen molar-refractivity contribution in [3.63, 3.8) is 0 Å². The SMILES string of the molecule is COCCN(CC(C)C)c1nc(C)cc(C)c1CO. The van der Waals surface area contributed by atoms with Crippen molar-refractivity contribution < 1.29 is 9.84 Å². The van der Waals surface area contributed by atoms with Crippen molar-refractivity contribution >= 4 is 5.82 Å². The lowest BCUT2D eigenvalue weighted by Crippen LogP contribution is -2.33. The van der Waals surface area contributed by atoms with Crippen molar-refractivity contribution in [2.45, 2.75) is 34.3 Å². The molecule has 1 aromatic rings. The first kappa shape index (κ1) is 15.9. The maximum Gasteiger partial charge on any atom is 0.134 e. The quantitative estimate of drug-likeness (QED) is 0.822. The van der Waals surface area contributed by atoms with Crippen molar-refractivity contribution in [2.75, 3.05) is 31.7 Å². The molecule has 0 aliphatic rings. The number of aryl methyl sites for hydroxylation is 2. The highest BCUT2D eigenvalue weighted by atomic mass is 16.5. The number of hydrogen-bond acceptors (Lipinski definition) is 4. The van der Waals surface area contributed by atoms with Crippen LogP contribution in [0.2, 0.25) is 0 Å². The average Bonchev–Trinajstić information content (AvgIpc) is 2.33. The molecular weight excluding hydrogens is 240 g/mol. The molecule has 0 fully saturated rings. The predicted octanol–water partition coefficient (Wildman–Crippen LogP) is 2.30. The third-order valence-electron chi connectivity index (χ3n) is 3.06. The van der Waals surface area contributed by atoms with Gasteiger partial charge in [-0.05, 0) is 31.4 Å². The Hall–Kier alpha value is -1.13. The van der Waals surface area contributed by atoms with Crippen LogP contribution in [0, 0.1) is 19.8 Å². The van der Waals surface area contributed by atoms with Crippen LogP contribution in [0.15, 0.2) is 6.07 Å². The van der Waals surface area contributed by atoms with Gasteiger partial charge in [-0.1, -0.05) is 13.8 Å². The van der Waals surface area contributed by atoms with E-state index in [2.05, 4.69) is 23.7 Å². The second-order valence-corrected chi connectivity index (χ2v) is 5.37. The van der Waals surface area contributed by atoms with E-state index in [-0.39, 0.29) is 6.61 Å². The first-order chi connectivity index (χ1) is 8.99. The fourth-order valence-electron chi connectivity index (χ4n) is 2.23. The molecule has 0 bridgehead atoms. The molecule has 1 aromatic heterocycles. The summed E-state index contributed by atoms with van der Waals surface area (Å²) in [6, 6.07) is 2.01. The summed E-state index contributed by atoms with van der Waals surface area (Å²) in [5.41, 5.74) is 2.99. The number of nitrogens with zero attached hydrogens (tertiary/aromatic N) is 2. The van der Waals surface area contributed by atoms with Gasteiger partial charge in [-0.3, -0.25) is 0 Å². The monoisotopic (exact) mass is 266 g/mol. The summed E-state index contributed by atoms with van der Waals surface area (Å²) in [4.78, 5) is 6.83. The molecule has 108 valence electrons. The van der Waals surface area contributed by atoms with Crippen LogP contribution in [0.25, 0.3) is 0 Å². The fraction of sp³-hybridized carbons (Fsp3) is 0.667. The molecule has 0 aliphatic heterocycles. The largest absolute Gasteiger partial charge is 0.392 e. The molecular formula is C15H26N2O2. The molecule has 0 unspecified atom stereocenters. The van der Waals surface area contributed by atoms with Crippen molar-refractivity contribution in [1.82, 2.24) is 4.98 Å². The molecule has 0 saturated heterocycles. The Bertz CT molecular complexity index is 405. The van der Waals surface area contributed by atoms with Gasteiger partial charge in [0.25, 0.3) is 0 Å². The van der Waals surface area contributed by atoms with Gasteiger partial charge in [-0.2, -0.15) is 0 Å². The van der Waals surface area contributed by atoms with E-state index in [1.165, 1.54) is 0 Å². The van der Waals surface area contributed by atoms with Crippen LogP contribution in [-0.4, -0.2) is 36.9 Å². The van der Waals surface area contributed by atoms with Gasteiger partial charge in [0.1, 0.15) is 5.82 Å². The maximum atomic E-state index is 9.60. The Labute approximate surface area is 116 Å². The van der Waals surface area contributed by atoms with Crippen LogP contribution in [0.1, 0.15) is 30.7 Å². The summed E-state index contributed by atoms with van der Waals surface area (Å²) in [6.07, 6.45) is 0. The molecule has 19 heavy (non-hydrogen) atoms. The number of aliphatic hydroxyl groups is 1. The normalized spacial score (nSPS) is 11.1. The molecule has 0 amide bonds. The van der Waals surface area contributed by atoms with E-state index in [9.17, 15) is 5.11 Å². The number of methoxy groups -OCH3 is 1. The van der Waals surface area contributed by atoms with Gasteiger partial charge < -0.3 is 14.7 Å². The van der Waals surface area contributed by atoms with E-state index in [1.807, 2.05) is 19.9 Å². The number of aliphatic hydroxyl groups excluding tert-OH is 1. The van der Waals surface area contributed by atoms with E-state index in [0.29, 0.717) is 12.5 Å². The molecule has 0 radical (unpaired) electrons. The van der Waals surface area contributed by atoms with Crippen LogP contribution in [0.5, 0.6) is 0 Å². The molecule has 4 nitrogen and oxygen atoms in total. The third kappa shape index (κ3) is 4.48. The lowest BCUT2D eigenvalue weighted by atomic mass is 10.1. The number of hydrogen-bond donors (Lipinski definition) is 1. The van der Waals surface area contributed by atoms with Gasteiger partial charge in [0, 0.05) is 31.5 Å². The first-order valence-corrected chi connectivity index (χ1v) is 6.81. The predicted molar refractivity (Wildman–Crippen MR) is 78.6 cm³/mol. The van der Waals surface area contributed by atoms with E-state index >= 15 is 0 Å². The maximum absolute atomic E-state index is 9.60. The zero-order valence-corrected chi connectivity index (χ0v) is 12.7. The highest BCUT2D eigenvalue weighted by molar-refractivity contribution is 5.51. The summed E-state index contributed by atoms with van der Waals surface area (Å²) < 4.78 is 5.18. The summed E-state index contributed by atoms with van der Waals surface area (Å²) >= 11 is 0. The molecule has 0 spiro atoms. The number of ether oxygens (including phenoxy) is 1. The lowest BCUT2D eigenvalue weighted by molar-refractivity contribution is 0.204. The van der Waals surface area contributed by atoms with E-state index in [0.717, 1.165) is 35.7 Å². The van der Waals surface area contributed by atoms with E-state index < -0.39 is 0 Å². The average molecular weight is 266 g/mol. The zero-order chi connectivity index (χ0) is 14.4. The molecule has 1 N–H and O–H groups in total. The van der Waals surface area contributed by atoms with Crippen molar-refractivity contribution in [1.29, 1.82) is 0 Å². The summed E-state index contributed by atoms with van der Waals surface area (Å²) in [5, 5.41) is 9.60. The number of aromatic nitrogens is 1. The second-order valence-electron chi connectivity index (χ2n) is 5.37.